The van der Waals surface area contributed by atoms with Crippen molar-refractivity contribution in [1.82, 2.24) is 9.78 Å². The Labute approximate surface area is 229 Å². The number of nitrogens with zero attached hydrogens (tertiary/aromatic N) is 5. The van der Waals surface area contributed by atoms with Crippen LogP contribution < -0.4 is 13.9 Å². The molecule has 1 aliphatic rings. The molecule has 1 amide bonds. The SMILES string of the molecule is CCn1cc(S(=O)(=O)N2c3cc(N(C(=O)O)C(C)(C)C(F)(F)F)ccc3O[C@@H](CC(C)(C)C#N)[C@H]2C)c(Cl)n1. The summed E-state index contributed by atoms with van der Waals surface area (Å²) in [5.74, 6) is -0.0201. The number of anilines is 2. The maximum Gasteiger partial charge on any atom is 0.412 e. The van der Waals surface area contributed by atoms with Crippen LogP contribution in [-0.2, 0) is 16.6 Å². The Morgan fingerprint density at radius 3 is 2.38 bits per heavy atom. The van der Waals surface area contributed by atoms with Crippen molar-refractivity contribution in [3.05, 3.63) is 29.5 Å². The van der Waals surface area contributed by atoms with Crippen LogP contribution in [0, 0.1) is 16.7 Å². The van der Waals surface area contributed by atoms with E-state index in [1.807, 2.05) is 0 Å². The van der Waals surface area contributed by atoms with Crippen molar-refractivity contribution < 1.29 is 36.2 Å². The third-order valence-corrected chi connectivity index (χ3v) is 8.92. The maximum absolute atomic E-state index is 14.0. The predicted molar refractivity (Wildman–Crippen MR) is 138 cm³/mol. The summed E-state index contributed by atoms with van der Waals surface area (Å²) >= 11 is 6.18. The number of hydrogen-bond acceptors (Lipinski definition) is 6. The first-order valence-corrected chi connectivity index (χ1v) is 13.7. The van der Waals surface area contributed by atoms with Crippen LogP contribution in [0.25, 0.3) is 0 Å². The van der Waals surface area contributed by atoms with Gasteiger partial charge >= 0.3 is 12.3 Å². The molecule has 39 heavy (non-hydrogen) atoms. The van der Waals surface area contributed by atoms with Crippen LogP contribution in [0.3, 0.4) is 0 Å². The number of alkyl halides is 3. The van der Waals surface area contributed by atoms with Crippen molar-refractivity contribution in [2.24, 2.45) is 5.41 Å². The number of carboxylic acid groups (broad SMARTS) is 1. The minimum atomic E-state index is -4.95. The molecule has 1 aliphatic heterocycles. The lowest BCUT2D eigenvalue weighted by atomic mass is 9.86. The van der Waals surface area contributed by atoms with E-state index in [0.29, 0.717) is 20.4 Å². The molecule has 0 aliphatic carbocycles. The van der Waals surface area contributed by atoms with Crippen molar-refractivity contribution >= 4 is 39.1 Å². The molecular weight excluding hydrogens is 563 g/mol. The molecule has 1 N–H and O–H groups in total. The first kappa shape index (κ1) is 30.4. The standard InChI is InChI=1S/C24H29ClF3N5O5S/c1-7-31-12-19(20(25)30-31)39(36,37)33-14(2)18(11-22(3,4)13-29)38-17-9-8-15(10-16(17)33)32(21(34)35)23(5,6)24(26,27)28/h8-10,12,14,18H,7,11H2,1-6H3,(H,34,35)/t14-,18+/m1/s1. The first-order valence-electron chi connectivity index (χ1n) is 11.9. The van der Waals surface area contributed by atoms with Crippen molar-refractivity contribution in [3.8, 4) is 11.8 Å². The molecule has 1 aromatic carbocycles. The Morgan fingerprint density at radius 2 is 1.90 bits per heavy atom. The van der Waals surface area contributed by atoms with Gasteiger partial charge < -0.3 is 9.84 Å². The van der Waals surface area contributed by atoms with Crippen LogP contribution >= 0.6 is 11.6 Å². The number of rotatable bonds is 7. The highest BCUT2D eigenvalue weighted by Crippen LogP contribution is 2.46. The molecule has 2 atom stereocenters. The van der Waals surface area contributed by atoms with Crippen molar-refractivity contribution in [2.45, 2.75) is 83.3 Å². The number of hydrogen-bond donors (Lipinski definition) is 1. The number of carbonyl (C=O) groups is 1. The number of benzene rings is 1. The second kappa shape index (κ2) is 10.1. The minimum absolute atomic E-state index is 0.0201. The quantitative estimate of drug-likeness (QED) is 0.439. The average Bonchev–Trinajstić information content (AvgIpc) is 3.20. The molecule has 1 aromatic heterocycles. The van der Waals surface area contributed by atoms with E-state index in [-0.39, 0.29) is 32.8 Å². The molecule has 214 valence electrons. The molecule has 15 heteroatoms. The number of halogens is 4. The Bertz CT molecular complexity index is 1420. The summed E-state index contributed by atoms with van der Waals surface area (Å²) in [6.45, 7) is 8.28. The first-order chi connectivity index (χ1) is 17.8. The second-order valence-corrected chi connectivity index (χ2v) is 12.5. The van der Waals surface area contributed by atoms with E-state index in [9.17, 15) is 36.8 Å². The summed E-state index contributed by atoms with van der Waals surface area (Å²) in [4.78, 5) is 11.8. The molecule has 0 saturated heterocycles. The summed E-state index contributed by atoms with van der Waals surface area (Å²) in [6.07, 6.45) is -6.34. The monoisotopic (exact) mass is 591 g/mol. The Kier molecular flexibility index (Phi) is 7.86. The summed E-state index contributed by atoms with van der Waals surface area (Å²) < 4.78 is 77.9. The Balaban J connectivity index is 2.28. The van der Waals surface area contributed by atoms with Crippen molar-refractivity contribution in [2.75, 3.05) is 9.21 Å². The normalized spacial score (nSPS) is 18.2. The Morgan fingerprint density at radius 1 is 1.28 bits per heavy atom. The predicted octanol–water partition coefficient (Wildman–Crippen LogP) is 5.67. The van der Waals surface area contributed by atoms with Crippen LogP contribution in [-0.4, -0.2) is 53.3 Å². The number of nitriles is 1. The third kappa shape index (κ3) is 5.47. The van der Waals surface area contributed by atoms with E-state index in [2.05, 4.69) is 11.2 Å². The summed E-state index contributed by atoms with van der Waals surface area (Å²) in [6, 6.07) is 4.52. The molecule has 2 aromatic rings. The van der Waals surface area contributed by atoms with E-state index < -0.39 is 51.1 Å². The van der Waals surface area contributed by atoms with Crippen LogP contribution in [0.4, 0.5) is 29.3 Å². The highest BCUT2D eigenvalue weighted by molar-refractivity contribution is 7.93. The van der Waals surface area contributed by atoms with Gasteiger partial charge in [-0.3, -0.25) is 13.9 Å². The fourth-order valence-corrected chi connectivity index (χ4v) is 6.41. The van der Waals surface area contributed by atoms with Gasteiger partial charge in [-0.2, -0.15) is 23.5 Å². The molecule has 0 fully saturated rings. The molecule has 2 heterocycles. The van der Waals surface area contributed by atoms with Crippen molar-refractivity contribution in [1.29, 1.82) is 5.26 Å². The van der Waals surface area contributed by atoms with E-state index >= 15 is 0 Å². The van der Waals surface area contributed by atoms with Gasteiger partial charge in [-0.25, -0.2) is 13.2 Å². The van der Waals surface area contributed by atoms with Gasteiger partial charge in [-0.1, -0.05) is 11.6 Å². The fraction of sp³-hybridized carbons (Fsp3) is 0.542. The van der Waals surface area contributed by atoms with Gasteiger partial charge in [0, 0.05) is 19.2 Å². The number of aryl methyl sites for hydroxylation is 1. The van der Waals surface area contributed by atoms with Crippen LogP contribution in [0.1, 0.15) is 48.0 Å². The smallest absolute Gasteiger partial charge is 0.412 e. The summed E-state index contributed by atoms with van der Waals surface area (Å²) in [5.41, 5.74) is -4.38. The zero-order chi connectivity index (χ0) is 29.7. The molecule has 0 saturated carbocycles. The van der Waals surface area contributed by atoms with Gasteiger partial charge in [0.05, 0.1) is 28.9 Å². The van der Waals surface area contributed by atoms with Gasteiger partial charge in [-0.15, -0.1) is 0 Å². The topological polar surface area (TPSA) is 129 Å². The molecule has 0 bridgehead atoms. The molecule has 3 rings (SSSR count). The van der Waals surface area contributed by atoms with Gasteiger partial charge in [-0.05, 0) is 59.7 Å². The minimum Gasteiger partial charge on any atom is -0.486 e. The lowest BCUT2D eigenvalue weighted by molar-refractivity contribution is -0.175. The number of fused-ring (bicyclic) bond motifs is 1. The lowest BCUT2D eigenvalue weighted by Gasteiger charge is -2.43. The highest BCUT2D eigenvalue weighted by Gasteiger charge is 2.54. The average molecular weight is 592 g/mol. The van der Waals surface area contributed by atoms with Crippen LogP contribution in [0.2, 0.25) is 5.15 Å². The number of ether oxygens (including phenoxy) is 1. The van der Waals surface area contributed by atoms with E-state index in [1.165, 1.54) is 23.9 Å². The fourth-order valence-electron chi connectivity index (χ4n) is 4.28. The maximum atomic E-state index is 14.0. The zero-order valence-corrected chi connectivity index (χ0v) is 23.7. The third-order valence-electron chi connectivity index (χ3n) is 6.63. The number of sulfonamides is 1. The van der Waals surface area contributed by atoms with Gasteiger partial charge in [0.1, 0.15) is 22.3 Å². The molecule has 10 nitrogen and oxygen atoms in total. The molecule has 0 spiro atoms. The molecule has 0 radical (unpaired) electrons. The van der Waals surface area contributed by atoms with Crippen LogP contribution in [0.15, 0.2) is 29.3 Å². The Hall–Kier alpha value is -3.18. The van der Waals surface area contributed by atoms with E-state index in [1.54, 1.807) is 20.8 Å². The second-order valence-electron chi connectivity index (χ2n) is 10.4. The highest BCUT2D eigenvalue weighted by atomic mass is 35.5. The number of amides is 1. The molecule has 0 unspecified atom stereocenters. The zero-order valence-electron chi connectivity index (χ0n) is 22.1. The lowest BCUT2D eigenvalue weighted by Crippen LogP contribution is -2.57. The van der Waals surface area contributed by atoms with E-state index in [0.717, 1.165) is 16.4 Å². The summed E-state index contributed by atoms with van der Waals surface area (Å²) in [7, 11) is -4.50. The number of aromatic nitrogens is 2. The largest absolute Gasteiger partial charge is 0.486 e. The van der Waals surface area contributed by atoms with E-state index in [4.69, 9.17) is 16.3 Å². The molecular formula is C24H29ClF3N5O5S. The van der Waals surface area contributed by atoms with Gasteiger partial charge in [0.2, 0.25) is 0 Å². The van der Waals surface area contributed by atoms with Crippen molar-refractivity contribution in [3.63, 3.8) is 0 Å². The van der Waals surface area contributed by atoms with Gasteiger partial charge in [0.15, 0.2) is 5.15 Å². The summed E-state index contributed by atoms with van der Waals surface area (Å²) in [5, 5.41) is 23.0. The van der Waals surface area contributed by atoms with Gasteiger partial charge in [0.25, 0.3) is 10.0 Å². The van der Waals surface area contributed by atoms with Crippen LogP contribution in [0.5, 0.6) is 5.75 Å².